The minimum atomic E-state index is -1.26. The molecule has 1 saturated heterocycles. The lowest BCUT2D eigenvalue weighted by molar-refractivity contribution is -0.135. The van der Waals surface area contributed by atoms with Gasteiger partial charge in [-0.25, -0.2) is 0 Å². The summed E-state index contributed by atoms with van der Waals surface area (Å²) in [6.45, 7) is 5.59. The molecule has 1 heterocycles. The number of rotatable bonds is 37. The van der Waals surface area contributed by atoms with Gasteiger partial charge in [0.05, 0.1) is 19.1 Å². The predicted octanol–water partition coefficient (Wildman–Crippen LogP) is -0.201. The van der Waals surface area contributed by atoms with Crippen molar-refractivity contribution in [1.29, 1.82) is 0 Å². The van der Waals surface area contributed by atoms with E-state index in [0.29, 0.717) is 96.3 Å². The summed E-state index contributed by atoms with van der Waals surface area (Å²) >= 11 is 0. The molecular formula is C53H103N15O9. The van der Waals surface area contributed by atoms with Crippen molar-refractivity contribution in [2.75, 3.05) is 45.8 Å². The van der Waals surface area contributed by atoms with Crippen LogP contribution in [-0.4, -0.2) is 146 Å². The lowest BCUT2D eigenvalue weighted by Crippen LogP contribution is -2.59. The van der Waals surface area contributed by atoms with Gasteiger partial charge in [0, 0.05) is 13.1 Å². The lowest BCUT2D eigenvalue weighted by atomic mass is 10.0. The number of nitrogens with two attached hydrogens (primary N) is 6. The van der Waals surface area contributed by atoms with Crippen LogP contribution in [0.3, 0.4) is 0 Å². The van der Waals surface area contributed by atoms with Gasteiger partial charge in [-0.3, -0.25) is 43.3 Å². The Kier molecular flexibility index (Phi) is 39.7. The summed E-state index contributed by atoms with van der Waals surface area (Å²) in [5.74, 6) is -4.51. The number of guanidine groups is 1. The van der Waals surface area contributed by atoms with E-state index in [4.69, 9.17) is 34.4 Å². The first-order valence-corrected chi connectivity index (χ1v) is 28.8. The number of aliphatic hydroxyl groups excluding tert-OH is 1. The third-order valence-electron chi connectivity index (χ3n) is 13.5. The van der Waals surface area contributed by atoms with E-state index in [1.165, 1.54) is 25.7 Å². The highest BCUT2D eigenvalue weighted by molar-refractivity contribution is 5.97. The van der Waals surface area contributed by atoms with E-state index in [1.807, 2.05) is 0 Å². The van der Waals surface area contributed by atoms with Crippen molar-refractivity contribution in [2.24, 2.45) is 45.3 Å². The van der Waals surface area contributed by atoms with Crippen LogP contribution in [0.4, 0.5) is 0 Å². The van der Waals surface area contributed by atoms with Crippen LogP contribution in [0.1, 0.15) is 187 Å². The van der Waals surface area contributed by atoms with Gasteiger partial charge in [-0.2, -0.15) is 0 Å². The van der Waals surface area contributed by atoms with Gasteiger partial charge in [-0.15, -0.1) is 0 Å². The molecule has 0 aromatic rings. The van der Waals surface area contributed by atoms with Gasteiger partial charge in [0.1, 0.15) is 36.3 Å². The average Bonchev–Trinajstić information content (AvgIpc) is 3.38. The fourth-order valence-electron chi connectivity index (χ4n) is 8.89. The third kappa shape index (κ3) is 34.4. The molecule has 8 amide bonds. The van der Waals surface area contributed by atoms with E-state index in [2.05, 4.69) is 61.4 Å². The first kappa shape index (κ1) is 69.8. The number of amides is 8. The zero-order valence-corrected chi connectivity index (χ0v) is 46.8. The highest BCUT2D eigenvalue weighted by Crippen LogP contribution is 2.15. The van der Waals surface area contributed by atoms with Gasteiger partial charge in [0.25, 0.3) is 0 Å². The van der Waals surface area contributed by atoms with Crippen LogP contribution in [-0.2, 0) is 38.4 Å². The van der Waals surface area contributed by atoms with Crippen LogP contribution in [0.15, 0.2) is 4.99 Å². The molecule has 1 rings (SSSR count). The number of hydrogen-bond donors (Lipinski definition) is 15. The Balaban J connectivity index is 3.43. The number of aliphatic hydroxyl groups is 1. The Bertz CT molecular complexity index is 1740. The Labute approximate surface area is 458 Å². The molecule has 24 heteroatoms. The van der Waals surface area contributed by atoms with E-state index in [-0.39, 0.29) is 76.8 Å². The zero-order valence-electron chi connectivity index (χ0n) is 46.8. The van der Waals surface area contributed by atoms with Crippen LogP contribution in [0.5, 0.6) is 0 Å². The number of nitrogens with one attached hydrogen (secondary N) is 8. The lowest BCUT2D eigenvalue weighted by Gasteiger charge is -2.28. The van der Waals surface area contributed by atoms with Crippen LogP contribution in [0.2, 0.25) is 0 Å². The molecule has 444 valence electrons. The maximum atomic E-state index is 14.4. The Morgan fingerprint density at radius 1 is 0.571 bits per heavy atom. The Hall–Kier alpha value is -5.17. The molecule has 1 aliphatic rings. The van der Waals surface area contributed by atoms with Crippen molar-refractivity contribution in [3.05, 3.63) is 0 Å². The minimum absolute atomic E-state index is 0.0217. The molecule has 0 spiro atoms. The zero-order chi connectivity index (χ0) is 57.2. The van der Waals surface area contributed by atoms with E-state index >= 15 is 0 Å². The summed E-state index contributed by atoms with van der Waals surface area (Å²) in [4.78, 5) is 115. The van der Waals surface area contributed by atoms with Crippen molar-refractivity contribution in [3.8, 4) is 0 Å². The average molecular weight is 1090 g/mol. The Morgan fingerprint density at radius 2 is 1.03 bits per heavy atom. The molecule has 1 aliphatic heterocycles. The van der Waals surface area contributed by atoms with Crippen molar-refractivity contribution in [1.82, 2.24) is 42.5 Å². The highest BCUT2D eigenvalue weighted by atomic mass is 16.3. The molecular weight excluding hydrogens is 991 g/mol. The van der Waals surface area contributed by atoms with Gasteiger partial charge in [-0.1, -0.05) is 65.2 Å². The van der Waals surface area contributed by atoms with Crippen molar-refractivity contribution < 1.29 is 43.5 Å². The van der Waals surface area contributed by atoms with E-state index in [1.54, 1.807) is 0 Å². The summed E-state index contributed by atoms with van der Waals surface area (Å²) in [6, 6.07) is -6.87. The summed E-state index contributed by atoms with van der Waals surface area (Å²) in [6.07, 6.45) is 14.0. The molecule has 77 heavy (non-hydrogen) atoms. The van der Waals surface area contributed by atoms with Crippen LogP contribution < -0.4 is 76.9 Å². The first-order valence-electron chi connectivity index (χ1n) is 28.8. The maximum Gasteiger partial charge on any atom is 0.243 e. The molecule has 0 aromatic carbocycles. The summed E-state index contributed by atoms with van der Waals surface area (Å²) in [7, 11) is 0. The monoisotopic (exact) mass is 1090 g/mol. The second-order valence-electron chi connectivity index (χ2n) is 20.9. The Morgan fingerprint density at radius 3 is 1.49 bits per heavy atom. The van der Waals surface area contributed by atoms with Gasteiger partial charge in [0.15, 0.2) is 5.96 Å². The molecule has 21 N–H and O–H groups in total. The SMILES string of the molecule is CC(C)CCCCCCCCCC(O)CC(=O)NCC(=O)N[C@@H](CCCN=C(N)N)C(=O)N[C@H]1CCCCNC(=O)[C@H](CCCCN)NC(=O)[C@H](CCCCN)NC(=O)[C@H](CCCCN)NC(=O)[C@H](CCCCN)NC1=O. The van der Waals surface area contributed by atoms with E-state index in [0.717, 1.165) is 25.7 Å². The number of unbranched alkanes of at least 4 members (excludes halogenated alkanes) is 10. The number of carbonyl (C=O) groups excluding carboxylic acids is 8. The molecule has 0 radical (unpaired) electrons. The standard InChI is InChI=1S/C53H103N15O9/c1-37(2)21-8-6-4-3-5-7-9-22-38(69)35-45(70)62-36-46(71)63-40(28-20-34-61-53(58)59)48(73)65-44-27-14-19-33-60-47(72)39(23-10-15-29-54)64-49(74)41(24-11-16-30-55)66-50(75)42(25-12-17-31-56)67-51(76)43(68-52(44)77)26-13-18-32-57/h37-44,69H,3-36,54-57H2,1-2H3,(H,60,72)(H,62,70)(H,63,71)(H,64,74)(H,65,73)(H,66,75)(H,67,76)(H,68,77)(H4,58,59,61)/t38?,39-,40-,41-,42-,43-,44-/m0/s1. The van der Waals surface area contributed by atoms with Gasteiger partial charge in [-0.05, 0) is 148 Å². The van der Waals surface area contributed by atoms with Gasteiger partial charge < -0.3 is 82.0 Å². The smallest absolute Gasteiger partial charge is 0.243 e. The van der Waals surface area contributed by atoms with Crippen LogP contribution >= 0.6 is 0 Å². The quantitative estimate of drug-likeness (QED) is 0.0218. The summed E-state index contributed by atoms with van der Waals surface area (Å²) in [5, 5.41) is 32.6. The van der Waals surface area contributed by atoms with Crippen LogP contribution in [0.25, 0.3) is 0 Å². The molecule has 7 atom stereocenters. The molecule has 1 fully saturated rings. The third-order valence-corrected chi connectivity index (χ3v) is 13.5. The van der Waals surface area contributed by atoms with Gasteiger partial charge >= 0.3 is 0 Å². The maximum absolute atomic E-state index is 14.4. The van der Waals surface area contributed by atoms with Crippen molar-refractivity contribution in [3.63, 3.8) is 0 Å². The number of aliphatic imine (C=N–C) groups is 1. The van der Waals surface area contributed by atoms with E-state index in [9.17, 15) is 43.5 Å². The minimum Gasteiger partial charge on any atom is -0.393 e. The second kappa shape index (κ2) is 43.8. The molecule has 0 bridgehead atoms. The predicted molar refractivity (Wildman–Crippen MR) is 300 cm³/mol. The first-order chi connectivity index (χ1) is 36.9. The topological polar surface area (TPSA) is 422 Å². The fourth-order valence-corrected chi connectivity index (χ4v) is 8.89. The largest absolute Gasteiger partial charge is 0.393 e. The number of nitrogens with zero attached hydrogens (tertiary/aromatic N) is 1. The normalized spacial score (nSPS) is 19.9. The molecule has 24 nitrogen and oxygen atoms in total. The van der Waals surface area contributed by atoms with E-state index < -0.39 is 96.2 Å². The molecule has 0 saturated carbocycles. The van der Waals surface area contributed by atoms with Crippen molar-refractivity contribution in [2.45, 2.75) is 230 Å². The summed E-state index contributed by atoms with van der Waals surface area (Å²) < 4.78 is 0. The molecule has 0 aliphatic carbocycles. The fraction of sp³-hybridized carbons (Fsp3) is 0.830. The highest BCUT2D eigenvalue weighted by Gasteiger charge is 2.33. The summed E-state index contributed by atoms with van der Waals surface area (Å²) in [5.41, 5.74) is 34.2. The second-order valence-corrected chi connectivity index (χ2v) is 20.9. The molecule has 1 unspecified atom stereocenters. The number of carbonyl (C=O) groups is 8. The number of hydrogen-bond acceptors (Lipinski definition) is 14. The van der Waals surface area contributed by atoms with Crippen molar-refractivity contribution >= 4 is 53.2 Å². The molecule has 0 aromatic heterocycles. The van der Waals surface area contributed by atoms with Gasteiger partial charge in [0.2, 0.25) is 47.3 Å². The van der Waals surface area contributed by atoms with Crippen LogP contribution in [0, 0.1) is 5.92 Å².